The molecule has 8 nitrogen and oxygen atoms in total. The van der Waals surface area contributed by atoms with Crippen molar-refractivity contribution in [2.45, 2.75) is 31.6 Å². The van der Waals surface area contributed by atoms with Gasteiger partial charge in [-0.05, 0) is 56.6 Å². The zero-order valence-electron chi connectivity index (χ0n) is 21.7. The number of nitrogens with one attached hydrogen (secondary N) is 2. The standard InChI is InChI=1S/C27H30F2N8S/c1-15-10-24(36-35-15)34-27(33-17(3)37(4)26-21(28)11-19(38-5)12-22(26)29)25(18-6-7-18)16(2)20(13-30)23-14-31-8-9-32-23/h8-14,18H,2,6-7,30H2,1,3-5H3,(H2,34,35,36)/b20-13-,27-25-,33-17+. The van der Waals surface area contributed by atoms with Gasteiger partial charge in [0.2, 0.25) is 0 Å². The smallest absolute Gasteiger partial charge is 0.153 e. The lowest BCUT2D eigenvalue weighted by atomic mass is 9.94. The van der Waals surface area contributed by atoms with Gasteiger partial charge >= 0.3 is 0 Å². The molecule has 4 N–H and O–H groups in total. The summed E-state index contributed by atoms with van der Waals surface area (Å²) in [6.45, 7) is 7.92. The number of hydrogen-bond donors (Lipinski definition) is 3. The quantitative estimate of drug-likeness (QED) is 0.140. The number of benzene rings is 1. The Kier molecular flexibility index (Phi) is 8.26. The highest BCUT2D eigenvalue weighted by molar-refractivity contribution is 7.98. The fourth-order valence-corrected chi connectivity index (χ4v) is 4.46. The first-order valence-electron chi connectivity index (χ1n) is 12.0. The number of nitrogens with two attached hydrogens (primary N) is 1. The van der Waals surface area contributed by atoms with E-state index in [2.05, 4.69) is 32.1 Å². The van der Waals surface area contributed by atoms with Gasteiger partial charge in [-0.2, -0.15) is 5.10 Å². The van der Waals surface area contributed by atoms with E-state index in [0.717, 1.165) is 24.1 Å². The summed E-state index contributed by atoms with van der Waals surface area (Å²) in [4.78, 5) is 15.3. The Morgan fingerprint density at radius 1 is 1.26 bits per heavy atom. The predicted octanol–water partition coefficient (Wildman–Crippen LogP) is 5.65. The highest BCUT2D eigenvalue weighted by atomic mass is 32.2. The van der Waals surface area contributed by atoms with Crippen molar-refractivity contribution in [3.63, 3.8) is 0 Å². The molecule has 1 aliphatic carbocycles. The van der Waals surface area contributed by atoms with Crippen LogP contribution >= 0.6 is 11.8 Å². The van der Waals surface area contributed by atoms with Crippen molar-refractivity contribution < 1.29 is 8.78 Å². The second kappa shape index (κ2) is 11.6. The van der Waals surface area contributed by atoms with Crippen LogP contribution in [-0.4, -0.2) is 39.3 Å². The van der Waals surface area contributed by atoms with Crippen LogP contribution in [0, 0.1) is 24.5 Å². The Morgan fingerprint density at radius 3 is 2.50 bits per heavy atom. The van der Waals surface area contributed by atoms with E-state index in [1.165, 1.54) is 35.0 Å². The van der Waals surface area contributed by atoms with Crippen LogP contribution in [0.15, 0.2) is 76.4 Å². The third-order valence-electron chi connectivity index (χ3n) is 6.17. The first-order valence-corrected chi connectivity index (χ1v) is 13.2. The summed E-state index contributed by atoms with van der Waals surface area (Å²) < 4.78 is 29.8. The Balaban J connectivity index is 1.82. The average molecular weight is 537 g/mol. The van der Waals surface area contributed by atoms with Gasteiger partial charge < -0.3 is 16.0 Å². The fourth-order valence-electron chi connectivity index (χ4n) is 4.02. The van der Waals surface area contributed by atoms with Gasteiger partial charge in [0.15, 0.2) is 17.5 Å². The van der Waals surface area contributed by atoms with Crippen molar-refractivity contribution >= 4 is 34.7 Å². The monoisotopic (exact) mass is 536 g/mol. The number of aromatic amines is 1. The van der Waals surface area contributed by atoms with Gasteiger partial charge in [0.1, 0.15) is 17.3 Å². The molecule has 0 saturated heterocycles. The third kappa shape index (κ3) is 5.94. The summed E-state index contributed by atoms with van der Waals surface area (Å²) in [7, 11) is 1.58. The number of thioether (sulfide) groups is 1. The minimum atomic E-state index is -0.671. The van der Waals surface area contributed by atoms with Gasteiger partial charge in [-0.25, -0.2) is 13.8 Å². The molecule has 3 aromatic rings. The normalized spacial score (nSPS) is 14.8. The van der Waals surface area contributed by atoms with Crippen molar-refractivity contribution in [2.24, 2.45) is 16.6 Å². The SMILES string of the molecule is C=C(/C(=C/N)c1cnccn1)/C(=C(\N=C(/C)N(C)c1c(F)cc(SC)cc1F)Nc1cc(C)[nH]n1)C1CC1. The Bertz CT molecular complexity index is 1400. The number of hydrogen-bond acceptors (Lipinski definition) is 7. The largest absolute Gasteiger partial charge is 0.404 e. The molecule has 0 radical (unpaired) electrons. The molecule has 0 amide bonds. The van der Waals surface area contributed by atoms with Crippen LogP contribution in [0.5, 0.6) is 0 Å². The van der Waals surface area contributed by atoms with Gasteiger partial charge in [-0.15, -0.1) is 11.8 Å². The maximum Gasteiger partial charge on any atom is 0.153 e. The van der Waals surface area contributed by atoms with E-state index in [0.29, 0.717) is 39.2 Å². The van der Waals surface area contributed by atoms with Crippen LogP contribution < -0.4 is 16.0 Å². The van der Waals surface area contributed by atoms with E-state index in [4.69, 9.17) is 10.7 Å². The minimum absolute atomic E-state index is 0.160. The maximum atomic E-state index is 14.9. The molecule has 198 valence electrons. The van der Waals surface area contributed by atoms with Crippen molar-refractivity contribution in [1.29, 1.82) is 0 Å². The number of H-pyrrole nitrogens is 1. The molecule has 1 aliphatic rings. The molecule has 1 aromatic carbocycles. The molecule has 1 saturated carbocycles. The number of aliphatic imine (C=N–C) groups is 1. The van der Waals surface area contributed by atoms with Gasteiger partial charge in [-0.3, -0.25) is 15.1 Å². The minimum Gasteiger partial charge on any atom is -0.404 e. The first-order chi connectivity index (χ1) is 18.2. The highest BCUT2D eigenvalue weighted by Gasteiger charge is 2.33. The number of allylic oxidation sites excluding steroid dienone is 3. The molecular formula is C27H30F2N8S. The van der Waals surface area contributed by atoms with Crippen LogP contribution in [0.1, 0.15) is 31.2 Å². The molecular weight excluding hydrogens is 506 g/mol. The molecule has 1 fully saturated rings. The number of aryl methyl sites for hydroxylation is 1. The zero-order chi connectivity index (χ0) is 27.4. The molecule has 0 aliphatic heterocycles. The summed E-state index contributed by atoms with van der Waals surface area (Å²) in [5, 5.41) is 10.5. The molecule has 0 spiro atoms. The van der Waals surface area contributed by atoms with Crippen LogP contribution in [0.25, 0.3) is 5.57 Å². The summed E-state index contributed by atoms with van der Waals surface area (Å²) >= 11 is 1.27. The van der Waals surface area contributed by atoms with E-state index in [9.17, 15) is 8.78 Å². The van der Waals surface area contributed by atoms with Gasteiger partial charge in [0, 0.05) is 53.4 Å². The number of nitrogens with zero attached hydrogens (tertiary/aromatic N) is 5. The molecule has 11 heteroatoms. The molecule has 0 bridgehead atoms. The summed E-state index contributed by atoms with van der Waals surface area (Å²) in [6, 6.07) is 4.46. The second-order valence-corrected chi connectivity index (χ2v) is 9.78. The number of anilines is 2. The highest BCUT2D eigenvalue weighted by Crippen LogP contribution is 2.45. The topological polar surface area (TPSA) is 108 Å². The number of aromatic nitrogens is 4. The van der Waals surface area contributed by atoms with Gasteiger partial charge in [0.25, 0.3) is 0 Å². The third-order valence-corrected chi connectivity index (χ3v) is 6.88. The second-order valence-electron chi connectivity index (χ2n) is 8.90. The van der Waals surface area contributed by atoms with E-state index < -0.39 is 11.6 Å². The Labute approximate surface area is 224 Å². The van der Waals surface area contributed by atoms with Gasteiger partial charge in [0.05, 0.1) is 11.9 Å². The van der Waals surface area contributed by atoms with Gasteiger partial charge in [-0.1, -0.05) is 6.58 Å². The molecule has 38 heavy (non-hydrogen) atoms. The van der Waals surface area contributed by atoms with Crippen molar-refractivity contribution in [1.82, 2.24) is 20.2 Å². The van der Waals surface area contributed by atoms with E-state index in [1.54, 1.807) is 38.8 Å². The van der Waals surface area contributed by atoms with E-state index >= 15 is 0 Å². The molecule has 2 aromatic heterocycles. The van der Waals surface area contributed by atoms with Crippen LogP contribution in [0.3, 0.4) is 0 Å². The molecule has 4 rings (SSSR count). The van der Waals surface area contributed by atoms with Crippen LogP contribution in [0.4, 0.5) is 20.3 Å². The van der Waals surface area contributed by atoms with Crippen molar-refractivity contribution in [2.75, 3.05) is 23.5 Å². The summed E-state index contributed by atoms with van der Waals surface area (Å²) in [6.07, 6.45) is 9.86. The van der Waals surface area contributed by atoms with Crippen molar-refractivity contribution in [3.05, 3.63) is 89.6 Å². The Hall–Kier alpha value is -3.99. The Morgan fingerprint density at radius 2 is 1.97 bits per heavy atom. The summed E-state index contributed by atoms with van der Waals surface area (Å²) in [5.74, 6) is 0.178. The van der Waals surface area contributed by atoms with E-state index in [1.807, 2.05) is 13.0 Å². The zero-order valence-corrected chi connectivity index (χ0v) is 22.5. The van der Waals surface area contributed by atoms with E-state index in [-0.39, 0.29) is 11.6 Å². The average Bonchev–Trinajstić information content (AvgIpc) is 3.64. The lowest BCUT2D eigenvalue weighted by molar-refractivity contribution is 0.579. The maximum absolute atomic E-state index is 14.9. The van der Waals surface area contributed by atoms with Crippen LogP contribution in [-0.2, 0) is 0 Å². The predicted molar refractivity (Wildman–Crippen MR) is 150 cm³/mol. The number of halogens is 2. The number of amidine groups is 1. The summed E-state index contributed by atoms with van der Waals surface area (Å²) in [5.41, 5.74) is 9.33. The first kappa shape index (κ1) is 27.1. The number of rotatable bonds is 9. The van der Waals surface area contributed by atoms with Crippen molar-refractivity contribution in [3.8, 4) is 0 Å². The molecule has 0 unspecified atom stereocenters. The lowest BCUT2D eigenvalue weighted by Crippen LogP contribution is -2.26. The molecule has 2 heterocycles. The fraction of sp³-hybridized carbons (Fsp3) is 0.259. The molecule has 0 atom stereocenters. The lowest BCUT2D eigenvalue weighted by Gasteiger charge is -2.23. The van der Waals surface area contributed by atoms with Crippen LogP contribution in [0.2, 0.25) is 0 Å².